The molecular formula is C13H19ClN2O3. The minimum atomic E-state index is -0.623. The fourth-order valence-corrected chi connectivity index (χ4v) is 1.58. The molecule has 1 aromatic rings. The lowest BCUT2D eigenvalue weighted by atomic mass is 10.1. The molecule has 6 heteroatoms. The molecule has 0 fully saturated rings. The lowest BCUT2D eigenvalue weighted by Gasteiger charge is -2.27. The van der Waals surface area contributed by atoms with Crippen molar-refractivity contribution in [1.82, 2.24) is 5.32 Å². The molecule has 0 aliphatic carbocycles. The van der Waals surface area contributed by atoms with E-state index in [2.05, 4.69) is 5.32 Å². The number of ether oxygens (including phenoxy) is 2. The zero-order valence-corrected chi connectivity index (χ0v) is 11.8. The van der Waals surface area contributed by atoms with E-state index in [9.17, 15) is 4.79 Å². The molecule has 1 unspecified atom stereocenters. The van der Waals surface area contributed by atoms with Gasteiger partial charge in [-0.3, -0.25) is 4.79 Å². The smallest absolute Gasteiger partial charge is 0.264 e. The Morgan fingerprint density at radius 2 is 2.05 bits per heavy atom. The number of rotatable bonds is 3. The Labute approximate surface area is 118 Å². The molecule has 1 heterocycles. The molecule has 0 saturated heterocycles. The quantitative estimate of drug-likeness (QED) is 0.873. The van der Waals surface area contributed by atoms with Gasteiger partial charge < -0.3 is 20.5 Å². The topological polar surface area (TPSA) is 73.6 Å². The molecule has 0 radical (unpaired) electrons. The Morgan fingerprint density at radius 3 is 2.68 bits per heavy atom. The van der Waals surface area contributed by atoms with Gasteiger partial charge in [-0.05, 0) is 26.0 Å². The predicted octanol–water partition coefficient (Wildman–Crippen LogP) is 1.10. The second-order valence-electron chi connectivity index (χ2n) is 5.07. The van der Waals surface area contributed by atoms with Gasteiger partial charge in [0.05, 0.1) is 0 Å². The number of carbonyl (C=O) groups is 1. The van der Waals surface area contributed by atoms with Gasteiger partial charge in [0.15, 0.2) is 11.5 Å². The van der Waals surface area contributed by atoms with Crippen molar-refractivity contribution in [1.29, 1.82) is 0 Å². The van der Waals surface area contributed by atoms with E-state index < -0.39 is 11.6 Å². The largest absolute Gasteiger partial charge is 0.485 e. The number of carbonyl (C=O) groups excluding carboxylic acids is 1. The fraction of sp³-hybridized carbons (Fsp3) is 0.462. The first kappa shape index (κ1) is 15.6. The highest BCUT2D eigenvalue weighted by Crippen LogP contribution is 2.30. The summed E-state index contributed by atoms with van der Waals surface area (Å²) in [7, 11) is 0. The van der Waals surface area contributed by atoms with Crippen LogP contribution in [-0.4, -0.2) is 30.7 Å². The molecule has 5 nitrogen and oxygen atoms in total. The number of halogens is 1. The SMILES string of the molecule is CC(C)(N)CNC(=O)C1COc2ccccc2O1.Cl. The van der Waals surface area contributed by atoms with Crippen molar-refractivity contribution in [2.45, 2.75) is 25.5 Å². The van der Waals surface area contributed by atoms with Crippen LogP contribution in [-0.2, 0) is 4.79 Å². The highest BCUT2D eigenvalue weighted by Gasteiger charge is 2.27. The first-order valence-corrected chi connectivity index (χ1v) is 5.91. The third-order valence-electron chi connectivity index (χ3n) is 2.52. The van der Waals surface area contributed by atoms with E-state index in [1.807, 2.05) is 32.0 Å². The van der Waals surface area contributed by atoms with Crippen LogP contribution in [0, 0.1) is 0 Å². The number of benzene rings is 1. The van der Waals surface area contributed by atoms with Crippen LogP contribution in [0.4, 0.5) is 0 Å². The van der Waals surface area contributed by atoms with Gasteiger partial charge >= 0.3 is 0 Å². The number of para-hydroxylation sites is 2. The number of hydrogen-bond donors (Lipinski definition) is 2. The molecule has 19 heavy (non-hydrogen) atoms. The summed E-state index contributed by atoms with van der Waals surface area (Å²) < 4.78 is 11.1. The highest BCUT2D eigenvalue weighted by atomic mass is 35.5. The van der Waals surface area contributed by atoms with E-state index in [0.29, 0.717) is 18.0 Å². The minimum absolute atomic E-state index is 0. The van der Waals surface area contributed by atoms with Crippen molar-refractivity contribution in [3.63, 3.8) is 0 Å². The molecule has 0 bridgehead atoms. The number of hydrogen-bond acceptors (Lipinski definition) is 4. The van der Waals surface area contributed by atoms with Crippen LogP contribution >= 0.6 is 12.4 Å². The fourth-order valence-electron chi connectivity index (χ4n) is 1.58. The van der Waals surface area contributed by atoms with Crippen molar-refractivity contribution >= 4 is 18.3 Å². The molecule has 1 aliphatic rings. The van der Waals surface area contributed by atoms with Crippen LogP contribution in [0.25, 0.3) is 0 Å². The number of amides is 1. The lowest BCUT2D eigenvalue weighted by molar-refractivity contribution is -0.130. The molecule has 3 N–H and O–H groups in total. The summed E-state index contributed by atoms with van der Waals surface area (Å²) in [4.78, 5) is 11.9. The standard InChI is InChI=1S/C13H18N2O3.ClH/c1-13(2,14)8-15-12(16)11-7-17-9-5-3-4-6-10(9)18-11;/h3-6,11H,7-8,14H2,1-2H3,(H,15,16);1H. The summed E-state index contributed by atoms with van der Waals surface area (Å²) in [5.74, 6) is 1.06. The van der Waals surface area contributed by atoms with E-state index in [4.69, 9.17) is 15.2 Å². The van der Waals surface area contributed by atoms with Gasteiger partial charge in [-0.25, -0.2) is 0 Å². The third-order valence-corrected chi connectivity index (χ3v) is 2.52. The molecule has 1 atom stereocenters. The average Bonchev–Trinajstić information content (AvgIpc) is 2.34. The molecule has 0 saturated carbocycles. The molecule has 0 spiro atoms. The number of fused-ring (bicyclic) bond motifs is 1. The normalized spacial score (nSPS) is 17.3. The molecule has 1 aromatic carbocycles. The third kappa shape index (κ3) is 4.29. The summed E-state index contributed by atoms with van der Waals surface area (Å²) in [5.41, 5.74) is 5.36. The maximum atomic E-state index is 11.9. The summed E-state index contributed by atoms with van der Waals surface area (Å²) in [6.07, 6.45) is -0.623. The first-order valence-electron chi connectivity index (χ1n) is 5.91. The van der Waals surface area contributed by atoms with Gasteiger partial charge in [-0.15, -0.1) is 12.4 Å². The van der Waals surface area contributed by atoms with Gasteiger partial charge in [0.25, 0.3) is 5.91 Å². The van der Waals surface area contributed by atoms with E-state index >= 15 is 0 Å². The van der Waals surface area contributed by atoms with E-state index in [-0.39, 0.29) is 24.9 Å². The Morgan fingerprint density at radius 1 is 1.42 bits per heavy atom. The Hall–Kier alpha value is -1.46. The summed E-state index contributed by atoms with van der Waals surface area (Å²) in [5, 5.41) is 2.75. The zero-order valence-electron chi connectivity index (χ0n) is 11.0. The molecule has 1 aliphatic heterocycles. The van der Waals surface area contributed by atoms with Crippen molar-refractivity contribution in [2.75, 3.05) is 13.2 Å². The second kappa shape index (κ2) is 6.12. The monoisotopic (exact) mass is 286 g/mol. The highest BCUT2D eigenvalue weighted by molar-refractivity contribution is 5.85. The van der Waals surface area contributed by atoms with Crippen LogP contribution in [0.5, 0.6) is 11.5 Å². The maximum Gasteiger partial charge on any atom is 0.264 e. The Bertz CT molecular complexity index is 446. The Kier molecular flexibility index (Phi) is 5.03. The average molecular weight is 287 g/mol. The van der Waals surface area contributed by atoms with Gasteiger partial charge in [0.2, 0.25) is 6.10 Å². The van der Waals surface area contributed by atoms with Crippen molar-refractivity contribution in [3.05, 3.63) is 24.3 Å². The van der Waals surface area contributed by atoms with E-state index in [0.717, 1.165) is 0 Å². The van der Waals surface area contributed by atoms with Gasteiger partial charge in [0.1, 0.15) is 6.61 Å². The van der Waals surface area contributed by atoms with Crippen LogP contribution in [0.2, 0.25) is 0 Å². The first-order chi connectivity index (χ1) is 8.46. The van der Waals surface area contributed by atoms with Gasteiger partial charge in [-0.1, -0.05) is 12.1 Å². The Balaban J connectivity index is 0.00000180. The zero-order chi connectivity index (χ0) is 13.2. The molecular weight excluding hydrogens is 268 g/mol. The van der Waals surface area contributed by atoms with Crippen LogP contribution in [0.1, 0.15) is 13.8 Å². The van der Waals surface area contributed by atoms with Crippen molar-refractivity contribution in [3.8, 4) is 11.5 Å². The predicted molar refractivity (Wildman–Crippen MR) is 74.9 cm³/mol. The maximum absolute atomic E-state index is 11.9. The summed E-state index contributed by atoms with van der Waals surface area (Å²) in [6, 6.07) is 7.29. The molecule has 1 amide bonds. The number of nitrogens with two attached hydrogens (primary N) is 1. The summed E-state index contributed by atoms with van der Waals surface area (Å²) >= 11 is 0. The molecule has 2 rings (SSSR count). The van der Waals surface area contributed by atoms with Crippen LogP contribution in [0.3, 0.4) is 0 Å². The van der Waals surface area contributed by atoms with Crippen LogP contribution in [0.15, 0.2) is 24.3 Å². The number of nitrogens with one attached hydrogen (secondary N) is 1. The molecule has 106 valence electrons. The second-order valence-corrected chi connectivity index (χ2v) is 5.07. The van der Waals surface area contributed by atoms with Crippen LogP contribution < -0.4 is 20.5 Å². The van der Waals surface area contributed by atoms with E-state index in [1.54, 1.807) is 6.07 Å². The molecule has 0 aromatic heterocycles. The van der Waals surface area contributed by atoms with Gasteiger partial charge in [-0.2, -0.15) is 0 Å². The lowest BCUT2D eigenvalue weighted by Crippen LogP contribution is -2.50. The summed E-state index contributed by atoms with van der Waals surface area (Å²) in [6.45, 7) is 4.31. The van der Waals surface area contributed by atoms with Crippen molar-refractivity contribution < 1.29 is 14.3 Å². The van der Waals surface area contributed by atoms with Gasteiger partial charge in [0, 0.05) is 12.1 Å². The minimum Gasteiger partial charge on any atom is -0.485 e. The van der Waals surface area contributed by atoms with Crippen molar-refractivity contribution in [2.24, 2.45) is 5.73 Å². The van der Waals surface area contributed by atoms with E-state index in [1.165, 1.54) is 0 Å².